The molecule has 0 spiro atoms. The van der Waals surface area contributed by atoms with E-state index in [2.05, 4.69) is 22.0 Å². The number of aromatic nitrogens is 3. The van der Waals surface area contributed by atoms with Crippen molar-refractivity contribution in [3.05, 3.63) is 59.6 Å². The minimum atomic E-state index is -0.250. The molecular weight excluding hydrogens is 424 g/mol. The van der Waals surface area contributed by atoms with Crippen LogP contribution in [0.3, 0.4) is 0 Å². The Hall–Kier alpha value is -3.46. The number of hydrogen-bond acceptors (Lipinski definition) is 6. The first kappa shape index (κ1) is 21.8. The summed E-state index contributed by atoms with van der Waals surface area (Å²) in [6.45, 7) is 8.38. The highest BCUT2D eigenvalue weighted by molar-refractivity contribution is 7.22. The van der Waals surface area contributed by atoms with E-state index in [4.69, 9.17) is 0 Å². The molecule has 32 heavy (non-hydrogen) atoms. The molecule has 1 aliphatic heterocycles. The van der Waals surface area contributed by atoms with Gasteiger partial charge >= 0.3 is 0 Å². The highest BCUT2D eigenvalue weighted by Gasteiger charge is 2.30. The van der Waals surface area contributed by atoms with Gasteiger partial charge in [0.25, 0.3) is 11.8 Å². The van der Waals surface area contributed by atoms with Crippen molar-refractivity contribution < 1.29 is 9.59 Å². The highest BCUT2D eigenvalue weighted by Crippen LogP contribution is 2.33. The lowest BCUT2D eigenvalue weighted by molar-refractivity contribution is 0.0819. The van der Waals surface area contributed by atoms with Crippen molar-refractivity contribution in [2.24, 2.45) is 0 Å². The highest BCUT2D eigenvalue weighted by atomic mass is 32.1. The van der Waals surface area contributed by atoms with E-state index >= 15 is 0 Å². The van der Waals surface area contributed by atoms with Crippen LogP contribution < -0.4 is 5.32 Å². The Bertz CT molecular complexity index is 1240. The SMILES string of the molecule is C=C(C)n1nc(C(=O)N2CCC/C2=C\N(C)C)c2sc(NC(=O)c3ccc(C)cc3)nc21. The second-order valence-corrected chi connectivity index (χ2v) is 9.13. The third-order valence-electron chi connectivity index (χ3n) is 5.14. The average Bonchev–Trinajstić information content (AvgIpc) is 3.42. The maximum absolute atomic E-state index is 13.4. The summed E-state index contributed by atoms with van der Waals surface area (Å²) in [6.07, 6.45) is 3.73. The van der Waals surface area contributed by atoms with E-state index in [1.54, 1.807) is 28.6 Å². The fraction of sp³-hybridized carbons (Fsp3) is 0.304. The number of rotatable bonds is 5. The molecule has 1 saturated heterocycles. The fourth-order valence-electron chi connectivity index (χ4n) is 3.63. The van der Waals surface area contributed by atoms with E-state index in [9.17, 15) is 9.59 Å². The first-order chi connectivity index (χ1) is 15.2. The molecule has 1 fully saturated rings. The van der Waals surface area contributed by atoms with Crippen LogP contribution in [0, 0.1) is 6.92 Å². The van der Waals surface area contributed by atoms with Crippen molar-refractivity contribution >= 4 is 44.3 Å². The second kappa shape index (κ2) is 8.58. The molecule has 3 aromatic rings. The van der Waals surface area contributed by atoms with Crippen LogP contribution >= 0.6 is 11.3 Å². The van der Waals surface area contributed by atoms with Gasteiger partial charge in [-0.25, -0.2) is 4.68 Å². The van der Waals surface area contributed by atoms with Crippen LogP contribution in [0.1, 0.15) is 46.2 Å². The lowest BCUT2D eigenvalue weighted by atomic mass is 10.1. The number of nitrogens with zero attached hydrogens (tertiary/aromatic N) is 5. The van der Waals surface area contributed by atoms with Crippen molar-refractivity contribution in [3.63, 3.8) is 0 Å². The molecule has 1 N–H and O–H groups in total. The summed E-state index contributed by atoms with van der Waals surface area (Å²) >= 11 is 1.25. The minimum absolute atomic E-state index is 0.166. The van der Waals surface area contributed by atoms with E-state index in [0.29, 0.717) is 39.0 Å². The van der Waals surface area contributed by atoms with E-state index in [1.165, 1.54) is 11.3 Å². The zero-order valence-electron chi connectivity index (χ0n) is 18.7. The molecule has 1 aromatic carbocycles. The predicted octanol–water partition coefficient (Wildman–Crippen LogP) is 4.18. The number of anilines is 1. The van der Waals surface area contributed by atoms with Crippen LogP contribution in [0.5, 0.6) is 0 Å². The molecule has 0 atom stereocenters. The first-order valence-electron chi connectivity index (χ1n) is 10.4. The number of nitrogens with one attached hydrogen (secondary N) is 1. The number of likely N-dealkylation sites (tertiary alicyclic amines) is 1. The van der Waals surface area contributed by atoms with Crippen molar-refractivity contribution in [3.8, 4) is 0 Å². The quantitative estimate of drug-likeness (QED) is 0.630. The van der Waals surface area contributed by atoms with Crippen LogP contribution in [0.4, 0.5) is 5.13 Å². The second-order valence-electron chi connectivity index (χ2n) is 8.13. The molecule has 1 aliphatic rings. The summed E-state index contributed by atoms with van der Waals surface area (Å²) in [7, 11) is 3.88. The number of amides is 2. The topological polar surface area (TPSA) is 83.4 Å². The standard InChI is InChI=1S/C23H26N6O2S/c1-14(2)29-20-19(18(26-29)22(31)28-12-6-7-17(28)13-27(4)5)32-23(24-20)25-21(30)16-10-8-15(3)9-11-16/h8-11,13H,1,6-7,12H2,2-5H3,(H,24,25,30)/b17-13+. The van der Waals surface area contributed by atoms with Crippen LogP contribution in [0.2, 0.25) is 0 Å². The number of thiazole rings is 1. The Morgan fingerprint density at radius 2 is 1.97 bits per heavy atom. The number of carbonyl (C=O) groups is 2. The van der Waals surface area contributed by atoms with Gasteiger partial charge in [0.1, 0.15) is 4.70 Å². The molecule has 3 heterocycles. The summed E-state index contributed by atoms with van der Waals surface area (Å²) in [5, 5.41) is 7.77. The molecule has 166 valence electrons. The molecule has 0 saturated carbocycles. The monoisotopic (exact) mass is 450 g/mol. The molecule has 0 bridgehead atoms. The van der Waals surface area contributed by atoms with E-state index in [0.717, 1.165) is 24.1 Å². The van der Waals surface area contributed by atoms with Gasteiger partial charge in [0.05, 0.1) is 0 Å². The minimum Gasteiger partial charge on any atom is -0.382 e. The number of carbonyl (C=O) groups excluding carboxylic acids is 2. The normalized spacial score (nSPS) is 14.9. The van der Waals surface area contributed by atoms with Crippen molar-refractivity contribution in [1.29, 1.82) is 0 Å². The zero-order chi connectivity index (χ0) is 23.0. The Labute approximate surface area is 190 Å². The van der Waals surface area contributed by atoms with Gasteiger partial charge in [-0.3, -0.25) is 14.9 Å². The van der Waals surface area contributed by atoms with E-state index < -0.39 is 0 Å². The molecule has 2 aromatic heterocycles. The Morgan fingerprint density at radius 3 is 2.62 bits per heavy atom. The van der Waals surface area contributed by atoms with Crippen molar-refractivity contribution in [2.45, 2.75) is 26.7 Å². The van der Waals surface area contributed by atoms with Gasteiger partial charge in [0, 0.05) is 43.8 Å². The van der Waals surface area contributed by atoms with Crippen LogP contribution in [0.15, 0.2) is 42.7 Å². The summed E-state index contributed by atoms with van der Waals surface area (Å²) in [6, 6.07) is 7.32. The largest absolute Gasteiger partial charge is 0.382 e. The van der Waals surface area contributed by atoms with Gasteiger partial charge in [-0.2, -0.15) is 10.1 Å². The van der Waals surface area contributed by atoms with Gasteiger partial charge < -0.3 is 9.80 Å². The third kappa shape index (κ3) is 4.16. The Kier molecular flexibility index (Phi) is 5.84. The summed E-state index contributed by atoms with van der Waals surface area (Å²) in [5.74, 6) is -0.416. The van der Waals surface area contributed by atoms with Gasteiger partial charge in [0.15, 0.2) is 16.5 Å². The average molecular weight is 451 g/mol. The van der Waals surface area contributed by atoms with Crippen molar-refractivity contribution in [1.82, 2.24) is 24.6 Å². The molecule has 9 heteroatoms. The molecule has 0 aliphatic carbocycles. The predicted molar refractivity (Wildman–Crippen MR) is 128 cm³/mol. The van der Waals surface area contributed by atoms with Crippen LogP contribution in [-0.2, 0) is 0 Å². The van der Waals surface area contributed by atoms with Crippen molar-refractivity contribution in [2.75, 3.05) is 26.0 Å². The maximum atomic E-state index is 13.4. The Balaban J connectivity index is 1.69. The number of benzene rings is 1. The summed E-state index contributed by atoms with van der Waals surface area (Å²) < 4.78 is 2.19. The van der Waals surface area contributed by atoms with Gasteiger partial charge in [-0.1, -0.05) is 35.6 Å². The molecule has 4 rings (SSSR count). The zero-order valence-corrected chi connectivity index (χ0v) is 19.5. The number of hydrogen-bond donors (Lipinski definition) is 1. The lowest BCUT2D eigenvalue weighted by Gasteiger charge is -2.18. The fourth-order valence-corrected chi connectivity index (χ4v) is 4.54. The molecule has 2 amide bonds. The smallest absolute Gasteiger partial charge is 0.280 e. The van der Waals surface area contributed by atoms with Crippen LogP contribution in [0.25, 0.3) is 16.0 Å². The molecule has 0 unspecified atom stereocenters. The maximum Gasteiger partial charge on any atom is 0.280 e. The summed E-state index contributed by atoms with van der Waals surface area (Å²) in [5.41, 5.74) is 4.07. The van der Waals surface area contributed by atoms with E-state index in [-0.39, 0.29) is 11.8 Å². The Morgan fingerprint density at radius 1 is 1.25 bits per heavy atom. The third-order valence-corrected chi connectivity index (χ3v) is 6.10. The summed E-state index contributed by atoms with van der Waals surface area (Å²) in [4.78, 5) is 34.3. The van der Waals surface area contributed by atoms with Gasteiger partial charge in [0.2, 0.25) is 0 Å². The number of allylic oxidation sites excluding steroid dienone is 2. The number of fused-ring (bicyclic) bond motifs is 1. The molecule has 0 radical (unpaired) electrons. The first-order valence-corrected chi connectivity index (χ1v) is 11.2. The van der Waals surface area contributed by atoms with Gasteiger partial charge in [-0.15, -0.1) is 0 Å². The number of aryl methyl sites for hydroxylation is 1. The molecule has 8 nitrogen and oxygen atoms in total. The van der Waals surface area contributed by atoms with E-state index in [1.807, 2.05) is 44.3 Å². The lowest BCUT2D eigenvalue weighted by Crippen LogP contribution is -2.28. The van der Waals surface area contributed by atoms with Crippen LogP contribution in [-0.4, -0.2) is 57.0 Å². The molecular formula is C23H26N6O2S. The van der Waals surface area contributed by atoms with Gasteiger partial charge in [-0.05, 0) is 38.8 Å².